The topological polar surface area (TPSA) is 120 Å². The molecule has 0 unspecified atom stereocenters. The van der Waals surface area contributed by atoms with Crippen molar-refractivity contribution in [3.05, 3.63) is 55.1 Å². The fraction of sp³-hybridized carbons (Fsp3) is 0.455. The smallest absolute Gasteiger partial charge is 0.207 e. The molecule has 0 bridgehead atoms. The van der Waals surface area contributed by atoms with Gasteiger partial charge in [0.2, 0.25) is 13.1 Å². The van der Waals surface area contributed by atoms with Gasteiger partial charge in [0.25, 0.3) is 0 Å². The molecule has 109 valence electrons. The van der Waals surface area contributed by atoms with E-state index in [1.54, 1.807) is 0 Å². The Kier molecular flexibility index (Phi) is 6.04. The van der Waals surface area contributed by atoms with Crippen LogP contribution < -0.4 is 0 Å². The third kappa shape index (κ3) is 6.23. The van der Waals surface area contributed by atoms with E-state index in [0.717, 1.165) is 0 Å². The SMILES string of the molecule is O=[N+]([O-])CCc1[c]c(CC[N+](=O)[O-])cc(C[SH](=O)=O)c1. The minimum absolute atomic E-state index is 0.113. The van der Waals surface area contributed by atoms with E-state index in [2.05, 4.69) is 6.07 Å². The zero-order chi connectivity index (χ0) is 15.1. The molecule has 0 aromatic heterocycles. The quantitative estimate of drug-likeness (QED) is 0.417. The van der Waals surface area contributed by atoms with Crippen LogP contribution in [0.4, 0.5) is 0 Å². The van der Waals surface area contributed by atoms with Gasteiger partial charge in [0, 0.05) is 22.7 Å². The van der Waals surface area contributed by atoms with Gasteiger partial charge in [0.05, 0.1) is 5.75 Å². The molecule has 1 rings (SSSR count). The van der Waals surface area contributed by atoms with Crippen LogP contribution in [0.3, 0.4) is 0 Å². The average Bonchev–Trinajstić information content (AvgIpc) is 2.33. The Bertz CT molecular complexity index is 540. The number of hydrogen-bond acceptors (Lipinski definition) is 6. The Morgan fingerprint density at radius 1 is 1.00 bits per heavy atom. The van der Waals surface area contributed by atoms with Crippen LogP contribution in [0.15, 0.2) is 12.1 Å². The largest absolute Gasteiger partial charge is 0.265 e. The fourth-order valence-corrected chi connectivity index (χ4v) is 2.18. The molecule has 0 fully saturated rings. The molecule has 0 aliphatic heterocycles. The van der Waals surface area contributed by atoms with Gasteiger partial charge in [-0.3, -0.25) is 20.2 Å². The second-order valence-electron chi connectivity index (χ2n) is 4.14. The maximum absolute atomic E-state index is 10.7. The predicted molar refractivity (Wildman–Crippen MR) is 70.4 cm³/mol. The molecule has 0 saturated carbocycles. The molecule has 1 aromatic carbocycles. The first-order valence-electron chi connectivity index (χ1n) is 5.76. The van der Waals surface area contributed by atoms with Crippen molar-refractivity contribution in [2.75, 3.05) is 13.1 Å². The van der Waals surface area contributed by atoms with Crippen molar-refractivity contribution >= 4 is 10.7 Å². The van der Waals surface area contributed by atoms with Gasteiger partial charge >= 0.3 is 0 Å². The lowest BCUT2D eigenvalue weighted by molar-refractivity contribution is -0.479. The molecule has 1 radical (unpaired) electrons. The lowest BCUT2D eigenvalue weighted by Gasteiger charge is -2.05. The van der Waals surface area contributed by atoms with E-state index in [1.165, 1.54) is 12.1 Å². The van der Waals surface area contributed by atoms with Crippen LogP contribution in [-0.4, -0.2) is 31.4 Å². The molecule has 0 aliphatic carbocycles. The van der Waals surface area contributed by atoms with E-state index in [4.69, 9.17) is 0 Å². The molecule has 0 atom stereocenters. The van der Waals surface area contributed by atoms with Crippen LogP contribution in [0.2, 0.25) is 0 Å². The number of hydrogen-bond donors (Lipinski definition) is 1. The van der Waals surface area contributed by atoms with Crippen LogP contribution in [0.1, 0.15) is 16.7 Å². The highest BCUT2D eigenvalue weighted by Gasteiger charge is 2.08. The molecule has 0 aliphatic rings. The summed E-state index contributed by atoms with van der Waals surface area (Å²) in [5, 5.41) is 20.7. The van der Waals surface area contributed by atoms with E-state index in [-0.39, 0.29) is 31.7 Å². The molecule has 8 nitrogen and oxygen atoms in total. The number of benzene rings is 1. The van der Waals surface area contributed by atoms with Gasteiger partial charge in [-0.25, -0.2) is 8.42 Å². The molecular formula is C11H13N2O6S. The van der Waals surface area contributed by atoms with E-state index < -0.39 is 20.6 Å². The van der Waals surface area contributed by atoms with Crippen LogP contribution >= 0.6 is 0 Å². The molecule has 20 heavy (non-hydrogen) atoms. The van der Waals surface area contributed by atoms with E-state index in [0.29, 0.717) is 16.7 Å². The van der Waals surface area contributed by atoms with Crippen molar-refractivity contribution in [1.29, 1.82) is 0 Å². The maximum Gasteiger partial charge on any atom is 0.207 e. The molecule has 0 N–H and O–H groups in total. The molecule has 1 aromatic rings. The molecule has 0 saturated heterocycles. The standard InChI is InChI=1S/C11H13N2O6S/c14-12(15)3-1-9-5-10(2-4-13(16)17)7-11(6-9)8-20(18)19/h6-7,20H,1-4,8H2. The van der Waals surface area contributed by atoms with Crippen LogP contribution in [-0.2, 0) is 29.3 Å². The van der Waals surface area contributed by atoms with E-state index in [1.807, 2.05) is 0 Å². The minimum Gasteiger partial charge on any atom is -0.265 e. The summed E-state index contributed by atoms with van der Waals surface area (Å²) in [6.45, 7) is -0.587. The highest BCUT2D eigenvalue weighted by atomic mass is 32.2. The number of nitrogens with zero attached hydrogens (tertiary/aromatic N) is 2. The summed E-state index contributed by atoms with van der Waals surface area (Å²) < 4.78 is 21.5. The molecule has 0 heterocycles. The number of rotatable bonds is 8. The van der Waals surface area contributed by atoms with Gasteiger partial charge in [-0.1, -0.05) is 12.1 Å². The van der Waals surface area contributed by atoms with Gasteiger partial charge in [0.1, 0.15) is 10.7 Å². The average molecular weight is 301 g/mol. The van der Waals surface area contributed by atoms with Gasteiger partial charge in [-0.05, 0) is 22.8 Å². The first-order chi connectivity index (χ1) is 9.36. The van der Waals surface area contributed by atoms with E-state index in [9.17, 15) is 28.6 Å². The molecular weight excluding hydrogens is 288 g/mol. The number of nitro groups is 2. The lowest BCUT2D eigenvalue weighted by atomic mass is 10.0. The second kappa shape index (κ2) is 7.53. The highest BCUT2D eigenvalue weighted by Crippen LogP contribution is 2.12. The normalized spacial score (nSPS) is 10.7. The Balaban J connectivity index is 2.93. The summed E-state index contributed by atoms with van der Waals surface area (Å²) in [7, 11) is -2.63. The van der Waals surface area contributed by atoms with Crippen LogP contribution in [0.25, 0.3) is 0 Å². The predicted octanol–water partition coefficient (Wildman–Crippen LogP) is 0.237. The summed E-state index contributed by atoms with van der Waals surface area (Å²) in [5.41, 5.74) is 1.46. The lowest BCUT2D eigenvalue weighted by Crippen LogP contribution is -2.08. The van der Waals surface area contributed by atoms with Gasteiger partial charge in [0.15, 0.2) is 0 Å². The van der Waals surface area contributed by atoms with Crippen molar-refractivity contribution in [3.8, 4) is 0 Å². The van der Waals surface area contributed by atoms with Crippen molar-refractivity contribution in [2.45, 2.75) is 18.6 Å². The monoisotopic (exact) mass is 301 g/mol. The Hall–Kier alpha value is -2.03. The van der Waals surface area contributed by atoms with E-state index >= 15 is 0 Å². The van der Waals surface area contributed by atoms with Gasteiger partial charge in [-0.2, -0.15) is 0 Å². The zero-order valence-corrected chi connectivity index (χ0v) is 11.4. The molecule has 9 heteroatoms. The number of thiol groups is 1. The Morgan fingerprint density at radius 3 is 1.80 bits per heavy atom. The fourth-order valence-electron chi connectivity index (χ4n) is 1.70. The first kappa shape index (κ1) is 16.0. The minimum atomic E-state index is -2.63. The molecule has 0 spiro atoms. The maximum atomic E-state index is 10.7. The van der Waals surface area contributed by atoms with Crippen molar-refractivity contribution in [3.63, 3.8) is 0 Å². The summed E-state index contributed by atoms with van der Waals surface area (Å²) in [6.07, 6.45) is 0.226. The van der Waals surface area contributed by atoms with Gasteiger partial charge < -0.3 is 0 Å². The highest BCUT2D eigenvalue weighted by molar-refractivity contribution is 7.71. The molecule has 0 amide bonds. The summed E-state index contributed by atoms with van der Waals surface area (Å²) in [6, 6.07) is 5.93. The Morgan fingerprint density at radius 2 is 1.45 bits per heavy atom. The second-order valence-corrected chi connectivity index (χ2v) is 5.12. The van der Waals surface area contributed by atoms with Crippen LogP contribution in [0, 0.1) is 26.3 Å². The summed E-state index contributed by atoms with van der Waals surface area (Å²) in [4.78, 5) is 19.7. The van der Waals surface area contributed by atoms with Crippen molar-refractivity contribution in [2.24, 2.45) is 0 Å². The first-order valence-corrected chi connectivity index (χ1v) is 7.12. The van der Waals surface area contributed by atoms with Crippen molar-refractivity contribution < 1.29 is 18.3 Å². The van der Waals surface area contributed by atoms with Crippen molar-refractivity contribution in [1.82, 2.24) is 0 Å². The van der Waals surface area contributed by atoms with Crippen LogP contribution in [0.5, 0.6) is 0 Å². The third-order valence-electron chi connectivity index (χ3n) is 2.48. The third-order valence-corrected chi connectivity index (χ3v) is 3.10. The Labute approximate surface area is 116 Å². The summed E-state index contributed by atoms with van der Waals surface area (Å²) >= 11 is 0. The zero-order valence-electron chi connectivity index (χ0n) is 10.5. The summed E-state index contributed by atoms with van der Waals surface area (Å²) in [5.74, 6) is -0.194. The van der Waals surface area contributed by atoms with Gasteiger partial charge in [-0.15, -0.1) is 0 Å².